The number of piperidine rings is 1. The fourth-order valence-electron chi connectivity index (χ4n) is 2.57. The van der Waals surface area contributed by atoms with Crippen LogP contribution < -0.4 is 5.32 Å². The molecule has 20 heavy (non-hydrogen) atoms. The molecule has 1 aromatic carbocycles. The van der Waals surface area contributed by atoms with E-state index in [1.165, 1.54) is 6.42 Å². The first-order valence-corrected chi connectivity index (χ1v) is 7.73. The lowest BCUT2D eigenvalue weighted by molar-refractivity contribution is -0.121. The van der Waals surface area contributed by atoms with Gasteiger partial charge in [0.05, 0.1) is 16.8 Å². The van der Waals surface area contributed by atoms with Crippen LogP contribution >= 0.6 is 23.2 Å². The van der Waals surface area contributed by atoms with E-state index in [9.17, 15) is 4.79 Å². The fraction of sp³-hybridized carbons (Fsp3) is 0.533. The van der Waals surface area contributed by atoms with Crippen LogP contribution in [-0.4, -0.2) is 29.9 Å². The molecule has 1 heterocycles. The molecule has 1 amide bonds. The number of rotatable bonds is 3. The molecule has 1 fully saturated rings. The Kier molecular flexibility index (Phi) is 5.30. The van der Waals surface area contributed by atoms with E-state index in [4.69, 9.17) is 23.2 Å². The molecule has 0 aromatic heterocycles. The summed E-state index contributed by atoms with van der Waals surface area (Å²) in [5.74, 6) is 0.626. The van der Waals surface area contributed by atoms with Crippen LogP contribution in [-0.2, 0) is 4.79 Å². The van der Waals surface area contributed by atoms with Gasteiger partial charge in [0.25, 0.3) is 0 Å². The highest BCUT2D eigenvalue weighted by Crippen LogP contribution is 2.26. The van der Waals surface area contributed by atoms with E-state index in [1.54, 1.807) is 18.2 Å². The smallest absolute Gasteiger partial charge is 0.241 e. The number of carbonyl (C=O) groups is 1. The van der Waals surface area contributed by atoms with E-state index in [-0.39, 0.29) is 11.9 Å². The summed E-state index contributed by atoms with van der Waals surface area (Å²) in [6.07, 6.45) is 2.40. The van der Waals surface area contributed by atoms with Crippen molar-refractivity contribution in [2.75, 3.05) is 18.4 Å². The SMILES string of the molecule is C[C@H]1CCCN([C@@H](C)C(=O)Nc2ccc(Cl)cc2Cl)C1. The molecule has 110 valence electrons. The third kappa shape index (κ3) is 3.87. The van der Waals surface area contributed by atoms with Crippen molar-refractivity contribution in [3.63, 3.8) is 0 Å². The predicted octanol–water partition coefficient (Wildman–Crippen LogP) is 4.05. The van der Waals surface area contributed by atoms with Gasteiger partial charge in [0.1, 0.15) is 0 Å². The van der Waals surface area contributed by atoms with E-state index in [1.807, 2.05) is 6.92 Å². The highest BCUT2D eigenvalue weighted by atomic mass is 35.5. The molecule has 1 aliphatic heterocycles. The van der Waals surface area contributed by atoms with E-state index in [0.717, 1.165) is 19.5 Å². The van der Waals surface area contributed by atoms with Crippen molar-refractivity contribution in [1.29, 1.82) is 0 Å². The van der Waals surface area contributed by atoms with Gasteiger partial charge in [-0.05, 0) is 50.4 Å². The molecule has 0 radical (unpaired) electrons. The van der Waals surface area contributed by atoms with Crippen molar-refractivity contribution in [1.82, 2.24) is 4.90 Å². The maximum Gasteiger partial charge on any atom is 0.241 e. The van der Waals surface area contributed by atoms with E-state index < -0.39 is 0 Å². The number of nitrogens with one attached hydrogen (secondary N) is 1. The standard InChI is InChI=1S/C15H20Cl2N2O/c1-10-4-3-7-19(9-10)11(2)15(20)18-14-6-5-12(16)8-13(14)17/h5-6,8,10-11H,3-4,7,9H2,1-2H3,(H,18,20)/t10-,11-/m0/s1. The molecular weight excluding hydrogens is 295 g/mol. The maximum absolute atomic E-state index is 12.3. The highest BCUT2D eigenvalue weighted by Gasteiger charge is 2.25. The molecule has 0 spiro atoms. The molecule has 1 aliphatic rings. The Morgan fingerprint density at radius 2 is 2.20 bits per heavy atom. The van der Waals surface area contributed by atoms with Gasteiger partial charge in [0.15, 0.2) is 0 Å². The topological polar surface area (TPSA) is 32.3 Å². The third-order valence-electron chi connectivity index (χ3n) is 3.80. The lowest BCUT2D eigenvalue weighted by Gasteiger charge is -2.34. The quantitative estimate of drug-likeness (QED) is 0.912. The summed E-state index contributed by atoms with van der Waals surface area (Å²) in [6.45, 7) is 6.13. The van der Waals surface area contributed by atoms with Crippen LogP contribution in [0.1, 0.15) is 26.7 Å². The molecule has 1 aromatic rings. The molecule has 2 rings (SSSR count). The van der Waals surface area contributed by atoms with Crippen LogP contribution in [0.4, 0.5) is 5.69 Å². The Labute approximate surface area is 130 Å². The molecule has 2 atom stereocenters. The average molecular weight is 315 g/mol. The second-order valence-electron chi connectivity index (χ2n) is 5.53. The largest absolute Gasteiger partial charge is 0.323 e. The first-order chi connectivity index (χ1) is 9.47. The zero-order valence-corrected chi connectivity index (χ0v) is 13.3. The first kappa shape index (κ1) is 15.6. The van der Waals surface area contributed by atoms with Crippen LogP contribution in [0.3, 0.4) is 0 Å². The van der Waals surface area contributed by atoms with Crippen molar-refractivity contribution in [2.24, 2.45) is 5.92 Å². The number of anilines is 1. The molecule has 1 saturated heterocycles. The Morgan fingerprint density at radius 3 is 2.85 bits per heavy atom. The van der Waals surface area contributed by atoms with Crippen LogP contribution in [0.2, 0.25) is 10.0 Å². The molecule has 0 unspecified atom stereocenters. The lowest BCUT2D eigenvalue weighted by Crippen LogP contribution is -2.46. The van der Waals surface area contributed by atoms with Crippen molar-refractivity contribution in [2.45, 2.75) is 32.7 Å². The second-order valence-corrected chi connectivity index (χ2v) is 6.38. The molecule has 0 bridgehead atoms. The van der Waals surface area contributed by atoms with Gasteiger partial charge in [0.2, 0.25) is 5.91 Å². The second kappa shape index (κ2) is 6.79. The zero-order valence-electron chi connectivity index (χ0n) is 11.8. The van der Waals surface area contributed by atoms with Gasteiger partial charge in [-0.25, -0.2) is 0 Å². The highest BCUT2D eigenvalue weighted by molar-refractivity contribution is 6.36. The zero-order chi connectivity index (χ0) is 14.7. The van der Waals surface area contributed by atoms with E-state index in [0.29, 0.717) is 21.7 Å². The number of hydrogen-bond donors (Lipinski definition) is 1. The number of nitrogens with zero attached hydrogens (tertiary/aromatic N) is 1. The number of likely N-dealkylation sites (tertiary alicyclic amines) is 1. The van der Waals surface area contributed by atoms with Gasteiger partial charge in [-0.3, -0.25) is 9.69 Å². The summed E-state index contributed by atoms with van der Waals surface area (Å²) in [5, 5.41) is 3.90. The number of hydrogen-bond acceptors (Lipinski definition) is 2. The van der Waals surface area contributed by atoms with E-state index >= 15 is 0 Å². The Hall–Kier alpha value is -0.770. The summed E-state index contributed by atoms with van der Waals surface area (Å²) < 4.78 is 0. The summed E-state index contributed by atoms with van der Waals surface area (Å²) in [4.78, 5) is 14.5. The number of benzene rings is 1. The first-order valence-electron chi connectivity index (χ1n) is 6.97. The molecule has 5 heteroatoms. The average Bonchev–Trinajstić information content (AvgIpc) is 2.41. The molecule has 1 N–H and O–H groups in total. The van der Waals surface area contributed by atoms with Crippen molar-refractivity contribution in [3.8, 4) is 0 Å². The van der Waals surface area contributed by atoms with Gasteiger partial charge < -0.3 is 5.32 Å². The number of halogens is 2. The fourth-order valence-corrected chi connectivity index (χ4v) is 3.03. The van der Waals surface area contributed by atoms with Crippen molar-refractivity contribution in [3.05, 3.63) is 28.2 Å². The minimum Gasteiger partial charge on any atom is -0.323 e. The van der Waals surface area contributed by atoms with Crippen molar-refractivity contribution < 1.29 is 4.79 Å². The van der Waals surface area contributed by atoms with Crippen LogP contribution in [0.15, 0.2) is 18.2 Å². The Bertz CT molecular complexity index is 493. The van der Waals surface area contributed by atoms with Crippen LogP contribution in [0, 0.1) is 5.92 Å². The number of carbonyl (C=O) groups excluding carboxylic acids is 1. The summed E-state index contributed by atoms with van der Waals surface area (Å²) in [5.41, 5.74) is 0.609. The predicted molar refractivity (Wildman–Crippen MR) is 84.5 cm³/mol. The minimum absolute atomic E-state index is 0.0247. The Balaban J connectivity index is 2.00. The van der Waals surface area contributed by atoms with Crippen LogP contribution in [0.5, 0.6) is 0 Å². The van der Waals surface area contributed by atoms with Gasteiger partial charge in [-0.1, -0.05) is 30.1 Å². The Morgan fingerprint density at radius 1 is 1.45 bits per heavy atom. The maximum atomic E-state index is 12.3. The third-order valence-corrected chi connectivity index (χ3v) is 4.35. The van der Waals surface area contributed by atoms with Gasteiger partial charge in [0, 0.05) is 11.6 Å². The van der Waals surface area contributed by atoms with E-state index in [2.05, 4.69) is 17.1 Å². The van der Waals surface area contributed by atoms with Crippen molar-refractivity contribution >= 4 is 34.8 Å². The van der Waals surface area contributed by atoms with Gasteiger partial charge in [-0.15, -0.1) is 0 Å². The van der Waals surface area contributed by atoms with Gasteiger partial charge in [-0.2, -0.15) is 0 Å². The normalized spacial score (nSPS) is 21.5. The summed E-state index contributed by atoms with van der Waals surface area (Å²) in [7, 11) is 0. The summed E-state index contributed by atoms with van der Waals surface area (Å²) in [6, 6.07) is 4.93. The van der Waals surface area contributed by atoms with Gasteiger partial charge >= 0.3 is 0 Å². The molecule has 0 aliphatic carbocycles. The summed E-state index contributed by atoms with van der Waals surface area (Å²) >= 11 is 11.9. The minimum atomic E-state index is -0.149. The van der Waals surface area contributed by atoms with Crippen LogP contribution in [0.25, 0.3) is 0 Å². The molecular formula is C15H20Cl2N2O. The lowest BCUT2D eigenvalue weighted by atomic mass is 9.99. The monoisotopic (exact) mass is 314 g/mol. The number of amides is 1. The molecule has 0 saturated carbocycles. The molecule has 3 nitrogen and oxygen atoms in total.